The molecular weight excluding hydrogens is 300 g/mol. The van der Waals surface area contributed by atoms with Crippen molar-refractivity contribution in [3.8, 4) is 0 Å². The van der Waals surface area contributed by atoms with E-state index in [0.717, 1.165) is 17.0 Å². The van der Waals surface area contributed by atoms with Gasteiger partial charge in [0, 0.05) is 0 Å². The van der Waals surface area contributed by atoms with Crippen LogP contribution in [0.2, 0.25) is 0 Å². The van der Waals surface area contributed by atoms with Gasteiger partial charge in [0.05, 0.1) is 23.3 Å². The molecule has 92 valence electrons. The van der Waals surface area contributed by atoms with Crippen LogP contribution < -0.4 is 4.90 Å². The highest BCUT2D eigenvalue weighted by atomic mass is 79.9. The monoisotopic (exact) mass is 307 g/mol. The van der Waals surface area contributed by atoms with Crippen molar-refractivity contribution in [1.82, 2.24) is 0 Å². The molecule has 1 atom stereocenters. The first kappa shape index (κ1) is 12.3. The first-order valence-corrected chi connectivity index (χ1v) is 5.55. The lowest BCUT2D eigenvalue weighted by Crippen LogP contribution is -2.25. The van der Waals surface area contributed by atoms with E-state index in [1.807, 2.05) is 0 Å². The number of halogens is 3. The summed E-state index contributed by atoms with van der Waals surface area (Å²) < 4.78 is 31.1. The van der Waals surface area contributed by atoms with E-state index in [0.29, 0.717) is 0 Å². The van der Waals surface area contributed by atoms with Crippen LogP contribution in [0.5, 0.6) is 0 Å². The van der Waals surface area contributed by atoms with Gasteiger partial charge in [0.2, 0.25) is 0 Å². The number of benzene rings is 1. The Labute approximate surface area is 104 Å². The predicted molar refractivity (Wildman–Crippen MR) is 58.8 cm³/mol. The lowest BCUT2D eigenvalue weighted by molar-refractivity contribution is 0.0963. The molecule has 1 aromatic rings. The third-order valence-corrected chi connectivity index (χ3v) is 3.12. The second kappa shape index (κ2) is 4.58. The van der Waals surface area contributed by atoms with Crippen molar-refractivity contribution < 1.29 is 23.4 Å². The topological polar surface area (TPSA) is 49.8 Å². The third-order valence-electron chi connectivity index (χ3n) is 2.36. The molecule has 0 saturated carbocycles. The van der Waals surface area contributed by atoms with Crippen LogP contribution in [0, 0.1) is 11.6 Å². The maximum Gasteiger partial charge on any atom is 0.414 e. The molecule has 17 heavy (non-hydrogen) atoms. The van der Waals surface area contributed by atoms with Crippen LogP contribution in [-0.2, 0) is 4.74 Å². The normalized spacial score (nSPS) is 19.6. The molecule has 2 rings (SSSR count). The molecule has 1 aliphatic heterocycles. The molecule has 1 fully saturated rings. The molecule has 0 radical (unpaired) electrons. The van der Waals surface area contributed by atoms with Gasteiger partial charge in [-0.2, -0.15) is 0 Å². The summed E-state index contributed by atoms with van der Waals surface area (Å²) >= 11 is 2.74. The van der Waals surface area contributed by atoms with Crippen molar-refractivity contribution >= 4 is 27.7 Å². The molecular formula is C10H8BrF2NO3. The number of amides is 1. The molecule has 1 amide bonds. The standard InChI is InChI=1S/C10H8BrF2NO3/c11-9-7(12)1-5(2-8(9)13)14-3-6(4-15)17-10(14)16/h1-2,6,15H,3-4H2. The second-order valence-corrected chi connectivity index (χ2v) is 4.32. The highest BCUT2D eigenvalue weighted by Crippen LogP contribution is 2.28. The summed E-state index contributed by atoms with van der Waals surface area (Å²) in [7, 11) is 0. The van der Waals surface area contributed by atoms with Crippen LogP contribution in [0.15, 0.2) is 16.6 Å². The molecule has 1 saturated heterocycles. The van der Waals surface area contributed by atoms with Gasteiger partial charge in [0.1, 0.15) is 17.7 Å². The zero-order valence-electron chi connectivity index (χ0n) is 8.49. The fourth-order valence-electron chi connectivity index (χ4n) is 1.53. The van der Waals surface area contributed by atoms with Gasteiger partial charge in [-0.05, 0) is 28.1 Å². The third kappa shape index (κ3) is 2.25. The number of cyclic esters (lactones) is 1. The van der Waals surface area contributed by atoms with Gasteiger partial charge in [0.15, 0.2) is 0 Å². The summed E-state index contributed by atoms with van der Waals surface area (Å²) in [5.74, 6) is -1.61. The van der Waals surface area contributed by atoms with E-state index in [9.17, 15) is 13.6 Å². The highest BCUT2D eigenvalue weighted by molar-refractivity contribution is 9.10. The van der Waals surface area contributed by atoms with Crippen molar-refractivity contribution in [1.29, 1.82) is 0 Å². The number of carbonyl (C=O) groups excluding carboxylic acids is 1. The summed E-state index contributed by atoms with van der Waals surface area (Å²) in [6.07, 6.45) is -1.40. The summed E-state index contributed by atoms with van der Waals surface area (Å²) in [6, 6.07) is 2.04. The fourth-order valence-corrected chi connectivity index (χ4v) is 1.75. The van der Waals surface area contributed by atoms with E-state index in [4.69, 9.17) is 9.84 Å². The number of hydrogen-bond donors (Lipinski definition) is 1. The van der Waals surface area contributed by atoms with Crippen LogP contribution in [0.1, 0.15) is 0 Å². The molecule has 1 aliphatic rings. The quantitative estimate of drug-likeness (QED) is 0.851. The van der Waals surface area contributed by atoms with Gasteiger partial charge in [-0.25, -0.2) is 13.6 Å². The number of rotatable bonds is 2. The molecule has 0 aliphatic carbocycles. The van der Waals surface area contributed by atoms with E-state index in [1.54, 1.807) is 0 Å². The highest BCUT2D eigenvalue weighted by Gasteiger charge is 2.32. The average Bonchev–Trinajstić information content (AvgIpc) is 2.67. The first-order chi connectivity index (χ1) is 8.02. The van der Waals surface area contributed by atoms with Crippen molar-refractivity contribution in [3.63, 3.8) is 0 Å². The molecule has 1 aromatic carbocycles. The maximum atomic E-state index is 13.3. The Balaban J connectivity index is 2.32. The van der Waals surface area contributed by atoms with Gasteiger partial charge in [0.25, 0.3) is 0 Å². The van der Waals surface area contributed by atoms with Crippen molar-refractivity contribution in [2.75, 3.05) is 18.1 Å². The second-order valence-electron chi connectivity index (χ2n) is 3.52. The molecule has 0 spiro atoms. The average molecular weight is 308 g/mol. The fraction of sp³-hybridized carbons (Fsp3) is 0.300. The first-order valence-electron chi connectivity index (χ1n) is 4.76. The van der Waals surface area contributed by atoms with Crippen molar-refractivity contribution in [2.24, 2.45) is 0 Å². The Morgan fingerprint density at radius 3 is 2.53 bits per heavy atom. The Kier molecular flexibility index (Phi) is 3.30. The molecule has 1 heterocycles. The van der Waals surface area contributed by atoms with Crippen molar-refractivity contribution in [2.45, 2.75) is 6.10 Å². The minimum absolute atomic E-state index is 0.0594. The predicted octanol–water partition coefficient (Wildman–Crippen LogP) is 2.04. The lowest BCUT2D eigenvalue weighted by atomic mass is 10.2. The zero-order chi connectivity index (χ0) is 12.6. The number of anilines is 1. The Hall–Kier alpha value is -1.21. The van der Waals surface area contributed by atoms with E-state index < -0.39 is 23.8 Å². The SMILES string of the molecule is O=C1OC(CO)CN1c1cc(F)c(Br)c(F)c1. The Morgan fingerprint density at radius 1 is 1.47 bits per heavy atom. The minimum Gasteiger partial charge on any atom is -0.441 e. The van der Waals surface area contributed by atoms with E-state index >= 15 is 0 Å². The lowest BCUT2D eigenvalue weighted by Gasteiger charge is -2.13. The number of carbonyl (C=O) groups is 1. The summed E-state index contributed by atoms with van der Waals surface area (Å²) in [5, 5.41) is 8.84. The number of ether oxygens (including phenoxy) is 1. The van der Waals surface area contributed by atoms with Gasteiger partial charge < -0.3 is 9.84 Å². The largest absolute Gasteiger partial charge is 0.441 e. The molecule has 7 heteroatoms. The summed E-state index contributed by atoms with van der Waals surface area (Å²) in [6.45, 7) is -0.264. The van der Waals surface area contributed by atoms with Crippen LogP contribution in [0.4, 0.5) is 19.3 Å². The Bertz CT molecular complexity index is 446. The molecule has 1 unspecified atom stereocenters. The summed E-state index contributed by atoms with van der Waals surface area (Å²) in [5.41, 5.74) is 0.0594. The summed E-state index contributed by atoms with van der Waals surface area (Å²) in [4.78, 5) is 12.5. The van der Waals surface area contributed by atoms with Crippen LogP contribution in [0.3, 0.4) is 0 Å². The minimum atomic E-state index is -0.805. The Morgan fingerprint density at radius 2 is 2.06 bits per heavy atom. The van der Waals surface area contributed by atoms with E-state index in [1.165, 1.54) is 0 Å². The van der Waals surface area contributed by atoms with Gasteiger partial charge in [-0.3, -0.25) is 4.90 Å². The molecule has 1 N–H and O–H groups in total. The van der Waals surface area contributed by atoms with Gasteiger partial charge in [-0.1, -0.05) is 0 Å². The van der Waals surface area contributed by atoms with Crippen LogP contribution in [-0.4, -0.2) is 30.5 Å². The molecule has 4 nitrogen and oxygen atoms in total. The zero-order valence-corrected chi connectivity index (χ0v) is 10.1. The van der Waals surface area contributed by atoms with E-state index in [2.05, 4.69) is 15.9 Å². The van der Waals surface area contributed by atoms with Crippen LogP contribution >= 0.6 is 15.9 Å². The maximum absolute atomic E-state index is 13.3. The van der Waals surface area contributed by atoms with Gasteiger partial charge >= 0.3 is 6.09 Å². The van der Waals surface area contributed by atoms with E-state index in [-0.39, 0.29) is 23.3 Å². The number of nitrogens with zero attached hydrogens (tertiary/aromatic N) is 1. The number of aliphatic hydroxyl groups excluding tert-OH is 1. The van der Waals surface area contributed by atoms with Crippen molar-refractivity contribution in [3.05, 3.63) is 28.2 Å². The van der Waals surface area contributed by atoms with Crippen LogP contribution in [0.25, 0.3) is 0 Å². The number of hydrogen-bond acceptors (Lipinski definition) is 3. The number of aliphatic hydroxyl groups is 1. The smallest absolute Gasteiger partial charge is 0.414 e. The molecule has 0 aromatic heterocycles. The molecule has 0 bridgehead atoms. The van der Waals surface area contributed by atoms with Gasteiger partial charge in [-0.15, -0.1) is 0 Å².